The van der Waals surface area contributed by atoms with Crippen molar-refractivity contribution in [1.29, 1.82) is 0 Å². The molecule has 35 heteroatoms. The smallest absolute Gasteiger partial charge is 0.445 e. The number of nitrogens with two attached hydrogens (primary N) is 1. The van der Waals surface area contributed by atoms with E-state index in [0.717, 1.165) is 11.2 Å². The summed E-state index contributed by atoms with van der Waals surface area (Å²) >= 11 is 0. The third-order valence-electron chi connectivity index (χ3n) is 14.3. The van der Waals surface area contributed by atoms with Crippen molar-refractivity contribution in [3.8, 4) is 0 Å². The van der Waals surface area contributed by atoms with Crippen LogP contribution >= 0.6 is 16.5 Å². The standard InChI is InChI=1S/C51H61N15O18P2/c1-26(2)36(61-32(67)9-6-5-7-18-64-34(69)15-16-35(64)70)48(74)59-27(3)47(73)60-29-13-11-28(12-14-29)19-78-51(75)63(4)17-8-10-33(68)62-44-38-46(56-23-54-44)65(25-58-38)49-40(72)41-31(82-49)21-80-86(77)84-42-39(71)30(20-79-85(76)83-41)81-50(42)66-24-57-37-43(52)53-22-55-45(37)66/h11-16,22-27,30-31,36,39-42,49-50,71-72H,5-10,17-21H2,1-4H3,(H4-2,52,53,54,55,56,59,60,61,62,67,68,73,74)/p+2/t27-,30+,31+,36-,39+,40+,41+,42+,49+,50+/m0/s1. The second-order valence-corrected chi connectivity index (χ2v) is 22.6. The first-order valence-electron chi connectivity index (χ1n) is 27.3. The zero-order valence-electron chi connectivity index (χ0n) is 46.8. The molecule has 4 aromatic heterocycles. The molecule has 3 fully saturated rings. The van der Waals surface area contributed by atoms with Crippen LogP contribution in [0.2, 0.25) is 0 Å². The Labute approximate surface area is 490 Å². The highest BCUT2D eigenvalue weighted by atomic mass is 31.1. The Balaban J connectivity index is 0.696. The Morgan fingerprint density at radius 3 is 2.07 bits per heavy atom. The maximum atomic E-state index is 13.3. The largest absolute Gasteiger partial charge is 0.698 e. The molecule has 0 saturated carbocycles. The maximum absolute atomic E-state index is 13.3. The van der Waals surface area contributed by atoms with Crippen LogP contribution in [0.4, 0.5) is 22.1 Å². The molecule has 5 aromatic rings. The maximum Gasteiger partial charge on any atom is 0.698 e. The first-order chi connectivity index (χ1) is 41.2. The molecule has 8 N–H and O–H groups in total. The fourth-order valence-electron chi connectivity index (χ4n) is 9.61. The number of benzene rings is 1. The zero-order valence-corrected chi connectivity index (χ0v) is 48.6. The normalized spacial score (nSPS) is 24.0. The number of imide groups is 1. The van der Waals surface area contributed by atoms with Crippen LogP contribution in [-0.4, -0.2) is 183 Å². The monoisotopic (exact) mass is 1240 g/mol. The van der Waals surface area contributed by atoms with E-state index >= 15 is 0 Å². The van der Waals surface area contributed by atoms with E-state index in [2.05, 4.69) is 51.2 Å². The minimum atomic E-state index is -3.03. The van der Waals surface area contributed by atoms with Gasteiger partial charge in [-0.15, -0.1) is 18.1 Å². The van der Waals surface area contributed by atoms with Crippen LogP contribution in [0.25, 0.3) is 22.3 Å². The number of nitrogens with one attached hydrogen (secondary N) is 4. The van der Waals surface area contributed by atoms with Gasteiger partial charge in [0.1, 0.15) is 74.5 Å². The molecular weight excluding hydrogens is 1170 g/mol. The number of nitrogen functional groups attached to an aromatic ring is 1. The summed E-state index contributed by atoms with van der Waals surface area (Å²) in [4.78, 5) is 116. The quantitative estimate of drug-likeness (QED) is 0.0313. The molecule has 0 aliphatic carbocycles. The van der Waals surface area contributed by atoms with Crippen molar-refractivity contribution in [2.24, 2.45) is 5.92 Å². The van der Waals surface area contributed by atoms with Gasteiger partial charge in [0, 0.05) is 59.9 Å². The first kappa shape index (κ1) is 62.6. The van der Waals surface area contributed by atoms with Gasteiger partial charge >= 0.3 is 22.6 Å². The van der Waals surface area contributed by atoms with E-state index in [1.54, 1.807) is 38.1 Å². The molecule has 0 radical (unpaired) electrons. The van der Waals surface area contributed by atoms with E-state index in [-0.39, 0.29) is 96.6 Å². The zero-order chi connectivity index (χ0) is 61.3. The van der Waals surface area contributed by atoms with Crippen molar-refractivity contribution in [3.05, 3.63) is 67.3 Å². The lowest BCUT2D eigenvalue weighted by molar-refractivity contribution is -0.137. The van der Waals surface area contributed by atoms with Gasteiger partial charge in [-0.1, -0.05) is 32.4 Å². The van der Waals surface area contributed by atoms with E-state index < -0.39 is 115 Å². The van der Waals surface area contributed by atoms with Gasteiger partial charge in [-0.3, -0.25) is 42.8 Å². The molecule has 86 heavy (non-hydrogen) atoms. The van der Waals surface area contributed by atoms with Crippen LogP contribution in [-0.2, 0) is 76.8 Å². The van der Waals surface area contributed by atoms with E-state index in [0.29, 0.717) is 30.5 Å². The van der Waals surface area contributed by atoms with Crippen LogP contribution in [0.1, 0.15) is 77.3 Å². The number of rotatable bonds is 21. The Kier molecular flexibility index (Phi) is 20.4. The fraction of sp³-hybridized carbons (Fsp3) is 0.510. The van der Waals surface area contributed by atoms with Crippen molar-refractivity contribution in [2.45, 2.75) is 127 Å². The van der Waals surface area contributed by atoms with Gasteiger partial charge in [0.25, 0.3) is 11.8 Å². The van der Waals surface area contributed by atoms with Gasteiger partial charge in [0.15, 0.2) is 53.1 Å². The summed E-state index contributed by atoms with van der Waals surface area (Å²) in [6.45, 7) is 4.27. The second kappa shape index (κ2) is 28.0. The van der Waals surface area contributed by atoms with Gasteiger partial charge < -0.3 is 56.3 Å². The number of carbonyl (C=O) groups excluding carboxylic acids is 7. The van der Waals surface area contributed by atoms with Gasteiger partial charge in [-0.25, -0.2) is 34.7 Å². The molecule has 33 nitrogen and oxygen atoms in total. The van der Waals surface area contributed by atoms with Crippen LogP contribution in [0.5, 0.6) is 0 Å². The van der Waals surface area contributed by atoms with Crippen molar-refractivity contribution in [1.82, 2.24) is 59.5 Å². The highest BCUT2D eigenvalue weighted by molar-refractivity contribution is 7.33. The average molecular weight is 1240 g/mol. The third kappa shape index (κ3) is 14.8. The van der Waals surface area contributed by atoms with Crippen molar-refractivity contribution in [3.63, 3.8) is 0 Å². The Hall–Kier alpha value is -7.97. The van der Waals surface area contributed by atoms with Crippen LogP contribution in [0.15, 0.2) is 61.7 Å². The molecule has 12 atom stereocenters. The van der Waals surface area contributed by atoms with Gasteiger partial charge in [-0.2, -0.15) is 0 Å². The van der Waals surface area contributed by atoms with Crippen molar-refractivity contribution in [2.75, 3.05) is 49.7 Å². The van der Waals surface area contributed by atoms with Gasteiger partial charge in [0.2, 0.25) is 23.6 Å². The van der Waals surface area contributed by atoms with Crippen LogP contribution in [0.3, 0.4) is 0 Å². The number of amides is 7. The third-order valence-corrected chi connectivity index (χ3v) is 15.8. The second-order valence-electron chi connectivity index (χ2n) is 20.7. The Bertz CT molecular complexity index is 3390. The van der Waals surface area contributed by atoms with E-state index in [1.807, 2.05) is 0 Å². The van der Waals surface area contributed by atoms with E-state index in [9.17, 15) is 52.9 Å². The number of nitrogens with zero attached hydrogens (tertiary/aromatic N) is 10. The van der Waals surface area contributed by atoms with E-state index in [4.69, 9.17) is 38.0 Å². The topological polar surface area (TPSA) is 427 Å². The highest BCUT2D eigenvalue weighted by Crippen LogP contribution is 2.45. The number of aliphatic hydroxyl groups excluding tert-OH is 2. The predicted octanol–water partition coefficient (Wildman–Crippen LogP) is 1.95. The molecule has 0 spiro atoms. The van der Waals surface area contributed by atoms with Crippen LogP contribution < -0.4 is 27.0 Å². The van der Waals surface area contributed by atoms with E-state index in [1.165, 1.54) is 59.1 Å². The van der Waals surface area contributed by atoms with Crippen molar-refractivity contribution < 1.29 is 85.2 Å². The lowest BCUT2D eigenvalue weighted by Crippen LogP contribution is -2.53. The molecule has 9 rings (SSSR count). The predicted molar refractivity (Wildman–Crippen MR) is 296 cm³/mol. The summed E-state index contributed by atoms with van der Waals surface area (Å²) in [5, 5.41) is 33.6. The minimum Gasteiger partial charge on any atom is -0.445 e. The summed E-state index contributed by atoms with van der Waals surface area (Å²) in [5.74, 6) is -2.80. The Morgan fingerprint density at radius 2 is 1.36 bits per heavy atom. The SMILES string of the molecule is CC(C)[C@H](NC(=O)CCCCCN1C(=O)C=CC1=O)C(=O)N[C@@H](C)C(=O)Nc1ccc(COC(=O)N(C)CCCC(=O)Nc2ncnc3c2ncn3[C@@H]2O[C@@H]3CO[P+](=O)O[C@@H]4[C@H](O)[C@@H](CO[P+](=O)O[C@H]3[C@H]2O)O[C@H]4n2cnc3c(N)ncnc32)cc1. The number of aromatic nitrogens is 8. The molecule has 4 aliphatic heterocycles. The highest BCUT2D eigenvalue weighted by Gasteiger charge is 2.56. The lowest BCUT2D eigenvalue weighted by Gasteiger charge is -2.24. The summed E-state index contributed by atoms with van der Waals surface area (Å²) < 4.78 is 69.2. The molecule has 8 heterocycles. The average Bonchev–Trinajstić information content (AvgIpc) is 4.51. The number of unbranched alkanes of at least 4 members (excludes halogenated alkanes) is 2. The summed E-state index contributed by atoms with van der Waals surface area (Å²) in [7, 11) is -4.54. The molecule has 458 valence electrons. The van der Waals surface area contributed by atoms with Crippen LogP contribution in [0, 0.1) is 5.92 Å². The van der Waals surface area contributed by atoms with Gasteiger partial charge in [0.05, 0.1) is 12.7 Å². The number of anilines is 3. The molecule has 3 saturated heterocycles. The molecule has 7 amide bonds. The number of ether oxygens (including phenoxy) is 3. The molecule has 2 unspecified atom stereocenters. The first-order valence-corrected chi connectivity index (χ1v) is 29.5. The number of aliphatic hydroxyl groups is 2. The van der Waals surface area contributed by atoms with Crippen molar-refractivity contribution >= 4 is 97.7 Å². The molecular formula is C51H63N15O18P2+2. The number of hydrogen-bond donors (Lipinski definition) is 7. The molecule has 2 bridgehead atoms. The Morgan fingerprint density at radius 1 is 0.733 bits per heavy atom. The fourth-order valence-corrected chi connectivity index (χ4v) is 11.2. The summed E-state index contributed by atoms with van der Waals surface area (Å²) in [5.41, 5.74) is 7.61. The molecule has 4 aliphatic rings. The summed E-state index contributed by atoms with van der Waals surface area (Å²) in [6, 6.07) is 4.61. The number of hydrogen-bond acceptors (Lipinski definition) is 25. The number of carbonyl (C=O) groups is 7. The lowest BCUT2D eigenvalue weighted by atomic mass is 10.0. The number of fused-ring (bicyclic) bond motifs is 5. The molecule has 1 aromatic carbocycles. The van der Waals surface area contributed by atoms with Gasteiger partial charge in [-0.05, 0) is 49.8 Å². The summed E-state index contributed by atoms with van der Waals surface area (Å²) in [6.07, 6.45) is -2.17. The number of imidazole rings is 2. The minimum absolute atomic E-state index is 0.0159.